The summed E-state index contributed by atoms with van der Waals surface area (Å²) in [6, 6.07) is 5.80. The molecule has 0 aromatic carbocycles. The van der Waals surface area contributed by atoms with Gasteiger partial charge < -0.3 is 19.4 Å². The maximum Gasteiger partial charge on any atom is 0.410 e. The number of carbonyl (C=O) groups excluding carboxylic acids is 1. The molecule has 11 heteroatoms. The van der Waals surface area contributed by atoms with Crippen LogP contribution >= 0.6 is 0 Å². The fourth-order valence-electron chi connectivity index (χ4n) is 5.25. The van der Waals surface area contributed by atoms with E-state index in [2.05, 4.69) is 20.2 Å². The molecular formula is C30H42N8O3. The molecule has 0 N–H and O–H groups in total. The summed E-state index contributed by atoms with van der Waals surface area (Å²) in [4.78, 5) is 36.9. The lowest BCUT2D eigenvalue weighted by molar-refractivity contribution is 0.0134. The highest BCUT2D eigenvalue weighted by molar-refractivity contribution is 5.69. The molecule has 0 unspecified atom stereocenters. The first-order chi connectivity index (χ1) is 19.5. The summed E-state index contributed by atoms with van der Waals surface area (Å²) in [7, 11) is 3.93. The molecule has 0 radical (unpaired) electrons. The fourth-order valence-corrected chi connectivity index (χ4v) is 5.25. The number of nitrogens with zero attached hydrogens (tertiary/aromatic N) is 8. The van der Waals surface area contributed by atoms with Gasteiger partial charge in [0.25, 0.3) is 5.56 Å². The molecular weight excluding hydrogens is 520 g/mol. The molecule has 0 bridgehead atoms. The first kappa shape index (κ1) is 28.6. The van der Waals surface area contributed by atoms with Gasteiger partial charge in [-0.25, -0.2) is 9.48 Å². The van der Waals surface area contributed by atoms with Gasteiger partial charge in [-0.2, -0.15) is 0 Å². The van der Waals surface area contributed by atoms with Crippen molar-refractivity contribution in [1.29, 1.82) is 0 Å². The molecule has 1 aliphatic heterocycles. The van der Waals surface area contributed by atoms with Crippen LogP contribution in [0.4, 0.5) is 16.2 Å². The van der Waals surface area contributed by atoms with Crippen LogP contribution in [0.25, 0.3) is 11.3 Å². The van der Waals surface area contributed by atoms with E-state index in [4.69, 9.17) is 4.74 Å². The van der Waals surface area contributed by atoms with Gasteiger partial charge in [-0.05, 0) is 71.4 Å². The second-order valence-corrected chi connectivity index (χ2v) is 12.6. The summed E-state index contributed by atoms with van der Waals surface area (Å²) < 4.78 is 9.13. The predicted octanol–water partition coefficient (Wildman–Crippen LogP) is 4.00. The number of hydrogen-bond donors (Lipinski definition) is 0. The molecule has 1 aliphatic carbocycles. The fraction of sp³-hybridized carbons (Fsp3) is 0.567. The average Bonchev–Trinajstić information content (AvgIpc) is 3.62. The van der Waals surface area contributed by atoms with Crippen molar-refractivity contribution in [3.8, 4) is 11.3 Å². The van der Waals surface area contributed by atoms with Gasteiger partial charge in [0.05, 0.1) is 24.1 Å². The monoisotopic (exact) mass is 562 g/mol. The highest BCUT2D eigenvalue weighted by Crippen LogP contribution is 2.33. The van der Waals surface area contributed by atoms with Crippen LogP contribution in [0.1, 0.15) is 52.1 Å². The Balaban J connectivity index is 1.30. The first-order valence-electron chi connectivity index (χ1n) is 14.5. The summed E-state index contributed by atoms with van der Waals surface area (Å²) in [6.07, 6.45) is 9.36. The minimum Gasteiger partial charge on any atom is -0.444 e. The largest absolute Gasteiger partial charge is 0.444 e. The van der Waals surface area contributed by atoms with Gasteiger partial charge in [-0.15, -0.1) is 5.10 Å². The van der Waals surface area contributed by atoms with Gasteiger partial charge in [-0.1, -0.05) is 5.21 Å². The zero-order valence-electron chi connectivity index (χ0n) is 25.1. The number of carbonyl (C=O) groups is 1. The summed E-state index contributed by atoms with van der Waals surface area (Å²) >= 11 is 0. The SMILES string of the molecule is Cc1cc(N2CCC[C@@H](N(CC3CC3)C(=O)OC(C)(C)C)C2)cc(=O)n1Cn1cc(-c2cncc(N(C)C)c2)nn1. The molecule has 11 nitrogen and oxygen atoms in total. The molecule has 2 fully saturated rings. The molecule has 1 saturated carbocycles. The van der Waals surface area contributed by atoms with E-state index in [1.54, 1.807) is 27.7 Å². The van der Waals surface area contributed by atoms with Gasteiger partial charge in [0.15, 0.2) is 0 Å². The molecule has 2 aliphatic rings. The van der Waals surface area contributed by atoms with E-state index in [0.717, 1.165) is 48.6 Å². The number of aromatic nitrogens is 5. The average molecular weight is 563 g/mol. The van der Waals surface area contributed by atoms with E-state index in [-0.39, 0.29) is 24.4 Å². The molecule has 0 spiro atoms. The zero-order chi connectivity index (χ0) is 29.3. The molecule has 3 aromatic heterocycles. The molecule has 41 heavy (non-hydrogen) atoms. The number of aryl methyl sites for hydroxylation is 1. The number of anilines is 2. The van der Waals surface area contributed by atoms with Crippen LogP contribution in [0.2, 0.25) is 0 Å². The van der Waals surface area contributed by atoms with Crippen molar-refractivity contribution in [2.75, 3.05) is 43.5 Å². The normalized spacial score (nSPS) is 17.4. The maximum atomic E-state index is 13.3. The van der Waals surface area contributed by atoms with Crippen molar-refractivity contribution in [2.24, 2.45) is 5.92 Å². The van der Waals surface area contributed by atoms with Crippen molar-refractivity contribution >= 4 is 17.5 Å². The lowest BCUT2D eigenvalue weighted by Crippen LogP contribution is -2.52. The minimum absolute atomic E-state index is 0.0518. The van der Waals surface area contributed by atoms with Crippen molar-refractivity contribution < 1.29 is 9.53 Å². The maximum absolute atomic E-state index is 13.3. The first-order valence-corrected chi connectivity index (χ1v) is 14.5. The molecule has 220 valence electrons. The minimum atomic E-state index is -0.535. The second-order valence-electron chi connectivity index (χ2n) is 12.6. The molecule has 1 atom stereocenters. The molecule has 4 heterocycles. The van der Waals surface area contributed by atoms with E-state index < -0.39 is 5.60 Å². The van der Waals surface area contributed by atoms with Crippen LogP contribution < -0.4 is 15.4 Å². The Morgan fingerprint density at radius 2 is 1.90 bits per heavy atom. The van der Waals surface area contributed by atoms with E-state index in [1.807, 2.05) is 69.9 Å². The third kappa shape index (κ3) is 7.07. The summed E-state index contributed by atoms with van der Waals surface area (Å²) in [6.45, 7) is 10.2. The number of ether oxygens (including phenoxy) is 1. The van der Waals surface area contributed by atoms with E-state index >= 15 is 0 Å². The summed E-state index contributed by atoms with van der Waals surface area (Å²) in [5.74, 6) is 0.564. The number of pyridine rings is 2. The lowest BCUT2D eigenvalue weighted by Gasteiger charge is -2.41. The zero-order valence-corrected chi connectivity index (χ0v) is 25.1. The summed E-state index contributed by atoms with van der Waals surface area (Å²) in [5.41, 5.74) is 3.62. The van der Waals surface area contributed by atoms with Crippen LogP contribution in [-0.2, 0) is 11.4 Å². The van der Waals surface area contributed by atoms with E-state index in [1.165, 1.54) is 12.8 Å². The number of piperidine rings is 1. The van der Waals surface area contributed by atoms with E-state index in [0.29, 0.717) is 18.2 Å². The Hall–Kier alpha value is -3.89. The predicted molar refractivity (Wildman–Crippen MR) is 159 cm³/mol. The van der Waals surface area contributed by atoms with E-state index in [9.17, 15) is 9.59 Å². The topological polar surface area (TPSA) is 102 Å². The van der Waals surface area contributed by atoms with Gasteiger partial charge in [0.2, 0.25) is 0 Å². The van der Waals surface area contributed by atoms with Crippen molar-refractivity contribution in [1.82, 2.24) is 29.4 Å². The number of rotatable bonds is 8. The second kappa shape index (κ2) is 11.5. The number of hydrogen-bond acceptors (Lipinski definition) is 8. The standard InChI is InChI=1S/C30H42N8O3/c1-21-12-25(35-11-7-8-24(18-35)37(17-22-9-10-22)29(40)41-30(2,3)4)14-28(39)38(21)20-36-19-27(32-33-36)23-13-26(34(5)6)16-31-15-23/h12-16,19,22,24H,7-11,17-18,20H2,1-6H3/t24-/m1/s1. The van der Waals surface area contributed by atoms with Gasteiger partial charge in [0.1, 0.15) is 18.0 Å². The number of amides is 1. The molecule has 3 aromatic rings. The Labute approximate surface area is 241 Å². The summed E-state index contributed by atoms with van der Waals surface area (Å²) in [5, 5.41) is 8.57. The Morgan fingerprint density at radius 1 is 1.12 bits per heavy atom. The van der Waals surface area contributed by atoms with Crippen molar-refractivity contribution in [3.63, 3.8) is 0 Å². The highest BCUT2D eigenvalue weighted by atomic mass is 16.6. The van der Waals surface area contributed by atoms with Crippen molar-refractivity contribution in [2.45, 2.75) is 71.7 Å². The Morgan fingerprint density at radius 3 is 2.59 bits per heavy atom. The molecule has 5 rings (SSSR count). The van der Waals surface area contributed by atoms with Gasteiger partial charge in [0, 0.05) is 62.9 Å². The lowest BCUT2D eigenvalue weighted by atomic mass is 10.0. The quantitative estimate of drug-likeness (QED) is 0.406. The molecule has 1 saturated heterocycles. The van der Waals surface area contributed by atoms with Crippen LogP contribution in [0, 0.1) is 12.8 Å². The van der Waals surface area contributed by atoms with Crippen LogP contribution in [0.5, 0.6) is 0 Å². The van der Waals surface area contributed by atoms with Crippen LogP contribution in [-0.4, -0.2) is 80.9 Å². The smallest absolute Gasteiger partial charge is 0.410 e. The Bertz CT molecular complexity index is 1440. The highest BCUT2D eigenvalue weighted by Gasteiger charge is 2.36. The van der Waals surface area contributed by atoms with Crippen LogP contribution in [0.15, 0.2) is 41.6 Å². The van der Waals surface area contributed by atoms with Gasteiger partial charge in [-0.3, -0.25) is 14.3 Å². The Kier molecular flexibility index (Phi) is 8.06. The van der Waals surface area contributed by atoms with Gasteiger partial charge >= 0.3 is 6.09 Å². The van der Waals surface area contributed by atoms with Crippen LogP contribution in [0.3, 0.4) is 0 Å². The third-order valence-corrected chi connectivity index (χ3v) is 7.66. The molecule has 1 amide bonds. The van der Waals surface area contributed by atoms with Crippen molar-refractivity contribution in [3.05, 3.63) is 52.8 Å². The third-order valence-electron chi connectivity index (χ3n) is 7.66.